The van der Waals surface area contributed by atoms with Crippen molar-refractivity contribution in [3.63, 3.8) is 0 Å². The van der Waals surface area contributed by atoms with E-state index in [4.69, 9.17) is 0 Å². The highest BCUT2D eigenvalue weighted by Crippen LogP contribution is 2.15. The van der Waals surface area contributed by atoms with Crippen LogP contribution in [0.4, 0.5) is 5.69 Å². The van der Waals surface area contributed by atoms with Crippen molar-refractivity contribution in [2.45, 2.75) is 13.3 Å². The Balaban J connectivity index is 1.98. The molecule has 0 aliphatic carbocycles. The zero-order valence-electron chi connectivity index (χ0n) is 12.7. The minimum atomic E-state index is -0.489. The van der Waals surface area contributed by atoms with Crippen LogP contribution in [0, 0.1) is 10.1 Å². The Kier molecular flexibility index (Phi) is 5.75. The summed E-state index contributed by atoms with van der Waals surface area (Å²) in [5.74, 6) is -0.333. The number of hydrogen-bond acceptors (Lipinski definition) is 6. The molecule has 2 N–H and O–H groups in total. The molecular formula is C14H18N6O3. The van der Waals surface area contributed by atoms with E-state index < -0.39 is 4.92 Å². The number of amides is 1. The van der Waals surface area contributed by atoms with Crippen LogP contribution in [0.3, 0.4) is 0 Å². The Morgan fingerprint density at radius 1 is 1.35 bits per heavy atom. The van der Waals surface area contributed by atoms with Crippen molar-refractivity contribution < 1.29 is 9.72 Å². The summed E-state index contributed by atoms with van der Waals surface area (Å²) in [7, 11) is 0. The first-order chi connectivity index (χ1) is 11.1. The lowest BCUT2D eigenvalue weighted by atomic mass is 10.3. The first-order valence-corrected chi connectivity index (χ1v) is 7.28. The van der Waals surface area contributed by atoms with Crippen molar-refractivity contribution in [3.8, 4) is 5.69 Å². The molecule has 23 heavy (non-hydrogen) atoms. The third-order valence-electron chi connectivity index (χ3n) is 3.05. The molecule has 1 aromatic heterocycles. The van der Waals surface area contributed by atoms with E-state index in [2.05, 4.69) is 27.9 Å². The number of carbonyl (C=O) groups excluding carboxylic acids is 1. The number of nitrogens with one attached hydrogen (secondary N) is 2. The van der Waals surface area contributed by atoms with Crippen molar-refractivity contribution >= 4 is 11.6 Å². The molecule has 2 aromatic rings. The van der Waals surface area contributed by atoms with Gasteiger partial charge in [0, 0.05) is 25.2 Å². The number of rotatable bonds is 8. The number of benzene rings is 1. The van der Waals surface area contributed by atoms with Crippen molar-refractivity contribution in [1.29, 1.82) is 0 Å². The summed E-state index contributed by atoms with van der Waals surface area (Å²) in [5, 5.41) is 24.3. The van der Waals surface area contributed by atoms with Crippen LogP contribution in [-0.4, -0.2) is 45.5 Å². The molecule has 0 radical (unpaired) electrons. The van der Waals surface area contributed by atoms with Crippen LogP contribution in [0.1, 0.15) is 23.8 Å². The number of nitrogens with zero attached hydrogens (tertiary/aromatic N) is 4. The molecule has 1 amide bonds. The van der Waals surface area contributed by atoms with Gasteiger partial charge < -0.3 is 10.6 Å². The Labute approximate surface area is 132 Å². The first-order valence-electron chi connectivity index (χ1n) is 7.28. The number of aromatic nitrogens is 3. The third-order valence-corrected chi connectivity index (χ3v) is 3.05. The van der Waals surface area contributed by atoms with Gasteiger partial charge in [0.1, 0.15) is 0 Å². The quantitative estimate of drug-likeness (QED) is 0.424. The second-order valence-corrected chi connectivity index (χ2v) is 4.83. The van der Waals surface area contributed by atoms with Crippen molar-refractivity contribution in [2.24, 2.45) is 0 Å². The molecule has 0 aliphatic heterocycles. The van der Waals surface area contributed by atoms with Crippen LogP contribution in [0.5, 0.6) is 0 Å². The predicted molar refractivity (Wildman–Crippen MR) is 83.5 cm³/mol. The zero-order valence-corrected chi connectivity index (χ0v) is 12.7. The van der Waals surface area contributed by atoms with Gasteiger partial charge >= 0.3 is 0 Å². The normalized spacial score (nSPS) is 10.5. The minimum absolute atomic E-state index is 0.0500. The highest BCUT2D eigenvalue weighted by Gasteiger charge is 2.12. The molecule has 0 saturated carbocycles. The summed E-state index contributed by atoms with van der Waals surface area (Å²) < 4.78 is 1.33. The fourth-order valence-corrected chi connectivity index (χ4v) is 1.90. The molecule has 9 nitrogen and oxygen atoms in total. The molecular weight excluding hydrogens is 300 g/mol. The maximum Gasteiger partial charge on any atom is 0.273 e. The topological polar surface area (TPSA) is 115 Å². The van der Waals surface area contributed by atoms with Crippen LogP contribution >= 0.6 is 0 Å². The van der Waals surface area contributed by atoms with Crippen molar-refractivity contribution in [3.05, 3.63) is 46.3 Å². The molecule has 0 fully saturated rings. The monoisotopic (exact) mass is 318 g/mol. The second-order valence-electron chi connectivity index (χ2n) is 4.83. The van der Waals surface area contributed by atoms with Gasteiger partial charge in [0.2, 0.25) is 0 Å². The molecule has 0 aliphatic rings. The average Bonchev–Trinajstić information content (AvgIpc) is 3.04. The van der Waals surface area contributed by atoms with Crippen molar-refractivity contribution in [1.82, 2.24) is 25.6 Å². The third kappa shape index (κ3) is 4.58. The van der Waals surface area contributed by atoms with Crippen LogP contribution in [0.15, 0.2) is 30.5 Å². The molecule has 0 atom stereocenters. The fraction of sp³-hybridized carbons (Fsp3) is 0.357. The molecule has 0 spiro atoms. The van der Waals surface area contributed by atoms with E-state index in [9.17, 15) is 14.9 Å². The summed E-state index contributed by atoms with van der Waals surface area (Å²) in [6.45, 7) is 4.14. The van der Waals surface area contributed by atoms with E-state index in [0.29, 0.717) is 18.8 Å². The van der Waals surface area contributed by atoms with Gasteiger partial charge in [0.25, 0.3) is 11.6 Å². The molecule has 1 aromatic carbocycles. The second kappa shape index (κ2) is 7.99. The molecule has 9 heteroatoms. The number of non-ortho nitro benzene ring substituents is 1. The van der Waals surface area contributed by atoms with Crippen LogP contribution < -0.4 is 10.6 Å². The summed E-state index contributed by atoms with van der Waals surface area (Å²) in [4.78, 5) is 22.2. The Bertz CT molecular complexity index is 685. The van der Waals surface area contributed by atoms with Gasteiger partial charge in [0.05, 0.1) is 16.8 Å². The molecule has 1 heterocycles. The Hall–Kier alpha value is -2.81. The lowest BCUT2D eigenvalue weighted by molar-refractivity contribution is -0.384. The van der Waals surface area contributed by atoms with E-state index in [-0.39, 0.29) is 17.3 Å². The van der Waals surface area contributed by atoms with Gasteiger partial charge in [-0.2, -0.15) is 0 Å². The van der Waals surface area contributed by atoms with Crippen LogP contribution in [-0.2, 0) is 0 Å². The zero-order chi connectivity index (χ0) is 16.7. The fourth-order valence-electron chi connectivity index (χ4n) is 1.90. The summed E-state index contributed by atoms with van der Waals surface area (Å²) in [5.41, 5.74) is 0.577. The van der Waals surface area contributed by atoms with Crippen LogP contribution in [0.25, 0.3) is 5.69 Å². The lowest BCUT2D eigenvalue weighted by Gasteiger charge is -2.03. The standard InChI is InChI=1S/C14H18N6O3/c1-2-6-15-7-8-16-14(21)13-10-19(18-17-13)11-4-3-5-12(9-11)20(22)23/h3-5,9-10,15H,2,6-8H2,1H3,(H,16,21). The maximum absolute atomic E-state index is 11.9. The number of hydrogen-bond donors (Lipinski definition) is 2. The molecule has 0 saturated heterocycles. The molecule has 122 valence electrons. The summed E-state index contributed by atoms with van der Waals surface area (Å²) in [6, 6.07) is 5.95. The Morgan fingerprint density at radius 2 is 2.17 bits per heavy atom. The smallest absolute Gasteiger partial charge is 0.273 e. The van der Waals surface area contributed by atoms with E-state index in [1.54, 1.807) is 12.1 Å². The van der Waals surface area contributed by atoms with Gasteiger partial charge in [-0.3, -0.25) is 14.9 Å². The van der Waals surface area contributed by atoms with Gasteiger partial charge in [-0.15, -0.1) is 5.10 Å². The molecule has 2 rings (SSSR count). The summed E-state index contributed by atoms with van der Waals surface area (Å²) >= 11 is 0. The highest BCUT2D eigenvalue weighted by molar-refractivity contribution is 5.91. The van der Waals surface area contributed by atoms with Crippen LogP contribution in [0.2, 0.25) is 0 Å². The maximum atomic E-state index is 11.9. The van der Waals surface area contributed by atoms with Gasteiger partial charge in [-0.1, -0.05) is 18.2 Å². The highest BCUT2D eigenvalue weighted by atomic mass is 16.6. The van der Waals surface area contributed by atoms with Crippen molar-refractivity contribution in [2.75, 3.05) is 19.6 Å². The molecule has 0 bridgehead atoms. The predicted octanol–water partition coefficient (Wildman–Crippen LogP) is 0.905. The number of carbonyl (C=O) groups is 1. The lowest BCUT2D eigenvalue weighted by Crippen LogP contribution is -2.32. The van der Waals surface area contributed by atoms with E-state index in [1.165, 1.54) is 23.0 Å². The van der Waals surface area contributed by atoms with Gasteiger partial charge in [-0.05, 0) is 19.0 Å². The van der Waals surface area contributed by atoms with E-state index in [1.807, 2.05) is 0 Å². The molecule has 0 unspecified atom stereocenters. The summed E-state index contributed by atoms with van der Waals surface area (Å²) in [6.07, 6.45) is 2.47. The Morgan fingerprint density at radius 3 is 2.91 bits per heavy atom. The minimum Gasteiger partial charge on any atom is -0.349 e. The number of nitro benzene ring substituents is 1. The number of nitro groups is 1. The SMILES string of the molecule is CCCNCCNC(=O)c1cn(-c2cccc([N+](=O)[O-])c2)nn1. The van der Waals surface area contributed by atoms with E-state index in [0.717, 1.165) is 13.0 Å². The first kappa shape index (κ1) is 16.6. The average molecular weight is 318 g/mol. The van der Waals surface area contributed by atoms with Gasteiger partial charge in [0.15, 0.2) is 5.69 Å². The van der Waals surface area contributed by atoms with E-state index >= 15 is 0 Å². The largest absolute Gasteiger partial charge is 0.349 e. The van der Waals surface area contributed by atoms with Gasteiger partial charge in [-0.25, -0.2) is 4.68 Å².